The molecule has 0 bridgehead atoms. The van der Waals surface area contributed by atoms with Crippen molar-refractivity contribution < 1.29 is 23.8 Å². The van der Waals surface area contributed by atoms with Gasteiger partial charge in [0.1, 0.15) is 6.61 Å². The van der Waals surface area contributed by atoms with E-state index in [0.717, 1.165) is 37.9 Å². The molecule has 1 amide bonds. The fourth-order valence-electron chi connectivity index (χ4n) is 2.02. The van der Waals surface area contributed by atoms with Crippen molar-refractivity contribution in [2.24, 2.45) is 0 Å². The number of carbonyl (C=O) groups is 2. The summed E-state index contributed by atoms with van der Waals surface area (Å²) in [7, 11) is 1.67. The van der Waals surface area contributed by atoms with Crippen molar-refractivity contribution in [1.82, 2.24) is 10.6 Å². The highest BCUT2D eigenvalue weighted by molar-refractivity contribution is 5.70. The molecule has 0 aromatic heterocycles. The first-order valence-corrected chi connectivity index (χ1v) is 8.52. The van der Waals surface area contributed by atoms with Crippen LogP contribution < -0.4 is 10.6 Å². The molecular formula is C18H28N2O5. The molecule has 0 aliphatic carbocycles. The molecule has 1 rings (SSSR count). The second-order valence-electron chi connectivity index (χ2n) is 5.45. The van der Waals surface area contributed by atoms with Crippen LogP contribution in [0.15, 0.2) is 30.3 Å². The number of nitrogens with one attached hydrogen (secondary N) is 2. The molecule has 7 nitrogen and oxygen atoms in total. The lowest BCUT2D eigenvalue weighted by molar-refractivity contribution is -0.144. The van der Waals surface area contributed by atoms with Crippen LogP contribution in [-0.2, 0) is 25.6 Å². The quantitative estimate of drug-likeness (QED) is 0.322. The highest BCUT2D eigenvalue weighted by atomic mass is 16.6. The lowest BCUT2D eigenvalue weighted by Gasteiger charge is -2.08. The van der Waals surface area contributed by atoms with Gasteiger partial charge in [-0.15, -0.1) is 0 Å². The molecule has 0 heterocycles. The zero-order valence-electron chi connectivity index (χ0n) is 14.8. The number of rotatable bonds is 13. The van der Waals surface area contributed by atoms with Crippen LogP contribution in [-0.4, -0.2) is 45.6 Å². The van der Waals surface area contributed by atoms with E-state index in [2.05, 4.69) is 10.6 Å². The van der Waals surface area contributed by atoms with Crippen molar-refractivity contribution in [2.45, 2.75) is 32.3 Å². The zero-order valence-corrected chi connectivity index (χ0v) is 14.8. The normalized spacial score (nSPS) is 10.3. The van der Waals surface area contributed by atoms with Crippen molar-refractivity contribution >= 4 is 12.1 Å². The Morgan fingerprint density at radius 3 is 2.56 bits per heavy atom. The minimum absolute atomic E-state index is 0.176. The number of methoxy groups -OCH3 is 1. The van der Waals surface area contributed by atoms with E-state index in [1.54, 1.807) is 7.11 Å². The van der Waals surface area contributed by atoms with Crippen LogP contribution >= 0.6 is 0 Å². The Balaban J connectivity index is 1.93. The number of esters is 1. The number of alkyl carbamates (subject to hydrolysis) is 1. The summed E-state index contributed by atoms with van der Waals surface area (Å²) in [5.74, 6) is -0.323. The highest BCUT2D eigenvalue weighted by Gasteiger charge is 2.05. The molecule has 2 N–H and O–H groups in total. The average Bonchev–Trinajstić information content (AvgIpc) is 2.63. The monoisotopic (exact) mass is 352 g/mol. The maximum Gasteiger partial charge on any atom is 0.410 e. The molecule has 0 aliphatic rings. The van der Waals surface area contributed by atoms with Crippen LogP contribution in [0.3, 0.4) is 0 Å². The Kier molecular flexibility index (Phi) is 11.9. The summed E-state index contributed by atoms with van der Waals surface area (Å²) >= 11 is 0. The highest BCUT2D eigenvalue weighted by Crippen LogP contribution is 2.01. The molecular weight excluding hydrogens is 324 g/mol. The van der Waals surface area contributed by atoms with Crippen LogP contribution in [0.1, 0.15) is 31.2 Å². The molecule has 0 fully saturated rings. The number of unbranched alkanes of at least 4 members (excludes halogenated alkanes) is 2. The molecule has 0 aliphatic heterocycles. The van der Waals surface area contributed by atoms with Crippen molar-refractivity contribution in [3.8, 4) is 0 Å². The molecule has 1 aromatic rings. The molecule has 0 radical (unpaired) electrons. The summed E-state index contributed by atoms with van der Waals surface area (Å²) in [5, 5.41) is 5.63. The molecule has 1 aromatic carbocycles. The summed E-state index contributed by atoms with van der Waals surface area (Å²) in [6.45, 7) is 2.45. The third kappa shape index (κ3) is 12.0. The summed E-state index contributed by atoms with van der Waals surface area (Å²) in [5.41, 5.74) is 0.895. The van der Waals surface area contributed by atoms with Crippen LogP contribution in [0.25, 0.3) is 0 Å². The van der Waals surface area contributed by atoms with E-state index in [0.29, 0.717) is 13.0 Å². The van der Waals surface area contributed by atoms with Gasteiger partial charge in [0.2, 0.25) is 0 Å². The van der Waals surface area contributed by atoms with Crippen molar-refractivity contribution in [1.29, 1.82) is 0 Å². The van der Waals surface area contributed by atoms with Crippen LogP contribution in [0.2, 0.25) is 0 Å². The fraction of sp³-hybridized carbons (Fsp3) is 0.556. The molecule has 0 atom stereocenters. The van der Waals surface area contributed by atoms with E-state index in [4.69, 9.17) is 14.2 Å². The predicted octanol–water partition coefficient (Wildman–Crippen LogP) is 2.21. The number of hydrogen-bond acceptors (Lipinski definition) is 6. The average molecular weight is 352 g/mol. The maximum absolute atomic E-state index is 11.5. The first-order valence-electron chi connectivity index (χ1n) is 8.52. The number of carbonyl (C=O) groups excluding carboxylic acids is 2. The third-order valence-corrected chi connectivity index (χ3v) is 3.38. The van der Waals surface area contributed by atoms with Crippen molar-refractivity contribution in [3.05, 3.63) is 35.9 Å². The van der Waals surface area contributed by atoms with Crippen LogP contribution in [0.4, 0.5) is 4.79 Å². The standard InChI is InChI=1S/C18H28N2O5/c1-23-13-12-19-11-7-3-6-10-17(21)25-15-20-18(22)24-14-16-8-4-2-5-9-16/h2,4-5,8-9,19H,3,6-7,10-15H2,1H3,(H,20,22). The Bertz CT molecular complexity index is 482. The van der Waals surface area contributed by atoms with Gasteiger partial charge in [-0.3, -0.25) is 10.1 Å². The summed E-state index contributed by atoms with van der Waals surface area (Å²) in [6, 6.07) is 9.35. The van der Waals surface area contributed by atoms with Crippen molar-refractivity contribution in [2.75, 3.05) is 33.5 Å². The zero-order chi connectivity index (χ0) is 18.2. The van der Waals surface area contributed by atoms with Gasteiger partial charge in [-0.2, -0.15) is 0 Å². The number of ether oxygens (including phenoxy) is 3. The first-order chi connectivity index (χ1) is 12.2. The molecule has 25 heavy (non-hydrogen) atoms. The van der Waals surface area contributed by atoms with E-state index >= 15 is 0 Å². The van der Waals surface area contributed by atoms with E-state index in [9.17, 15) is 9.59 Å². The summed E-state index contributed by atoms with van der Waals surface area (Å²) < 4.78 is 14.9. The SMILES string of the molecule is COCCNCCCCCC(=O)OCNC(=O)OCc1ccccc1. The van der Waals surface area contributed by atoms with Gasteiger partial charge in [-0.25, -0.2) is 4.79 Å². The fourth-order valence-corrected chi connectivity index (χ4v) is 2.02. The van der Waals surface area contributed by atoms with Gasteiger partial charge in [0.05, 0.1) is 6.61 Å². The predicted molar refractivity (Wildman–Crippen MR) is 93.9 cm³/mol. The third-order valence-electron chi connectivity index (χ3n) is 3.38. The minimum atomic E-state index is -0.612. The van der Waals surface area contributed by atoms with Gasteiger partial charge >= 0.3 is 12.1 Å². The van der Waals surface area contributed by atoms with Gasteiger partial charge in [0, 0.05) is 20.1 Å². The largest absolute Gasteiger partial charge is 0.445 e. The Hall–Kier alpha value is -2.12. The topological polar surface area (TPSA) is 85.9 Å². The lowest BCUT2D eigenvalue weighted by Crippen LogP contribution is -2.28. The Morgan fingerprint density at radius 2 is 1.80 bits per heavy atom. The molecule has 140 valence electrons. The van der Waals surface area contributed by atoms with E-state index in [-0.39, 0.29) is 19.3 Å². The molecule has 7 heteroatoms. The second-order valence-corrected chi connectivity index (χ2v) is 5.45. The smallest absolute Gasteiger partial charge is 0.410 e. The van der Waals surface area contributed by atoms with Crippen LogP contribution in [0.5, 0.6) is 0 Å². The number of amides is 1. The van der Waals surface area contributed by atoms with E-state index < -0.39 is 6.09 Å². The maximum atomic E-state index is 11.5. The van der Waals surface area contributed by atoms with E-state index in [1.165, 1.54) is 0 Å². The van der Waals surface area contributed by atoms with Crippen LogP contribution in [0, 0.1) is 0 Å². The number of benzene rings is 1. The van der Waals surface area contributed by atoms with Gasteiger partial charge in [-0.1, -0.05) is 36.8 Å². The van der Waals surface area contributed by atoms with Gasteiger partial charge in [0.15, 0.2) is 6.73 Å². The first kappa shape index (κ1) is 20.9. The van der Waals surface area contributed by atoms with E-state index in [1.807, 2.05) is 30.3 Å². The molecule has 0 saturated carbocycles. The Morgan fingerprint density at radius 1 is 1.00 bits per heavy atom. The van der Waals surface area contributed by atoms with Crippen molar-refractivity contribution in [3.63, 3.8) is 0 Å². The molecule has 0 unspecified atom stereocenters. The molecule has 0 saturated heterocycles. The summed E-state index contributed by atoms with van der Waals surface area (Å²) in [4.78, 5) is 23.0. The van der Waals surface area contributed by atoms with Gasteiger partial charge < -0.3 is 19.5 Å². The van der Waals surface area contributed by atoms with Gasteiger partial charge in [0.25, 0.3) is 0 Å². The summed E-state index contributed by atoms with van der Waals surface area (Å²) in [6.07, 6.45) is 2.45. The molecule has 0 spiro atoms. The second kappa shape index (κ2) is 14.2. The minimum Gasteiger partial charge on any atom is -0.445 e. The number of hydrogen-bond donors (Lipinski definition) is 2. The van der Waals surface area contributed by atoms with Gasteiger partial charge in [-0.05, 0) is 24.9 Å². The Labute approximate surface area is 149 Å². The lowest BCUT2D eigenvalue weighted by atomic mass is 10.2.